The van der Waals surface area contributed by atoms with Crippen molar-refractivity contribution in [1.82, 2.24) is 9.80 Å². The monoisotopic (exact) mass is 348 g/mol. The molecule has 1 atom stereocenters. The van der Waals surface area contributed by atoms with E-state index in [1.54, 1.807) is 12.0 Å². The van der Waals surface area contributed by atoms with E-state index in [0.717, 1.165) is 11.3 Å². The lowest BCUT2D eigenvalue weighted by molar-refractivity contribution is -0.138. The van der Waals surface area contributed by atoms with E-state index in [4.69, 9.17) is 4.74 Å². The van der Waals surface area contributed by atoms with Crippen LogP contribution in [0.2, 0.25) is 0 Å². The van der Waals surface area contributed by atoms with Crippen LogP contribution >= 0.6 is 0 Å². The molecule has 0 radical (unpaired) electrons. The van der Waals surface area contributed by atoms with Gasteiger partial charge in [0.2, 0.25) is 11.8 Å². The fraction of sp³-hybridized carbons (Fsp3) is 0.579. The van der Waals surface area contributed by atoms with Gasteiger partial charge in [-0.25, -0.2) is 0 Å². The average Bonchev–Trinajstić information content (AvgIpc) is 2.71. The molecule has 2 amide bonds. The highest BCUT2D eigenvalue weighted by molar-refractivity contribution is 5.85. The van der Waals surface area contributed by atoms with Gasteiger partial charge < -0.3 is 19.6 Å². The first-order valence-corrected chi connectivity index (χ1v) is 8.75. The second-order valence-corrected chi connectivity index (χ2v) is 6.97. The molecule has 0 aromatic heterocycles. The molecule has 6 heteroatoms. The number of ether oxygens (including phenoxy) is 1. The molecule has 1 fully saturated rings. The van der Waals surface area contributed by atoms with Crippen LogP contribution in [0.5, 0.6) is 5.75 Å². The number of rotatable bonds is 6. The molecule has 1 unspecified atom stereocenters. The summed E-state index contributed by atoms with van der Waals surface area (Å²) in [5, 5.41) is 10.2. The maximum absolute atomic E-state index is 12.5. The Hall–Kier alpha value is -2.08. The van der Waals surface area contributed by atoms with E-state index in [9.17, 15) is 14.7 Å². The predicted octanol–water partition coefficient (Wildman–Crippen LogP) is 1.32. The molecule has 1 aromatic carbocycles. The summed E-state index contributed by atoms with van der Waals surface area (Å²) in [4.78, 5) is 28.0. The number of benzene rings is 1. The number of hydrogen-bond donors (Lipinski definition) is 1. The number of aliphatic hydroxyl groups is 1. The van der Waals surface area contributed by atoms with Gasteiger partial charge in [-0.05, 0) is 30.0 Å². The van der Waals surface area contributed by atoms with Crippen molar-refractivity contribution in [2.24, 2.45) is 5.92 Å². The Morgan fingerprint density at radius 1 is 1.28 bits per heavy atom. The van der Waals surface area contributed by atoms with Gasteiger partial charge in [-0.2, -0.15) is 0 Å². The zero-order valence-corrected chi connectivity index (χ0v) is 15.3. The van der Waals surface area contributed by atoms with Gasteiger partial charge >= 0.3 is 0 Å². The maximum atomic E-state index is 12.5. The Balaban J connectivity index is 1.92. The van der Waals surface area contributed by atoms with Gasteiger partial charge in [0, 0.05) is 26.1 Å². The zero-order valence-electron chi connectivity index (χ0n) is 15.3. The van der Waals surface area contributed by atoms with Crippen LogP contribution in [0.25, 0.3) is 0 Å². The molecule has 1 aliphatic rings. The number of carbonyl (C=O) groups excluding carboxylic acids is 2. The number of carbonyl (C=O) groups is 2. The van der Waals surface area contributed by atoms with Crippen molar-refractivity contribution in [3.05, 3.63) is 29.8 Å². The molecule has 0 spiro atoms. The molecule has 1 N–H and O–H groups in total. The van der Waals surface area contributed by atoms with Crippen LogP contribution in [0.4, 0.5) is 0 Å². The third-order valence-electron chi connectivity index (χ3n) is 4.27. The summed E-state index contributed by atoms with van der Waals surface area (Å²) >= 11 is 0. The lowest BCUT2D eigenvalue weighted by atomic mass is 10.1. The first-order valence-electron chi connectivity index (χ1n) is 8.75. The number of methoxy groups -OCH3 is 1. The molecule has 2 rings (SSSR count). The lowest BCUT2D eigenvalue weighted by Gasteiger charge is -2.23. The summed E-state index contributed by atoms with van der Waals surface area (Å²) in [5.41, 5.74) is 1.04. The van der Waals surface area contributed by atoms with Crippen molar-refractivity contribution < 1.29 is 19.4 Å². The third kappa shape index (κ3) is 5.74. The molecular weight excluding hydrogens is 320 g/mol. The van der Waals surface area contributed by atoms with E-state index in [0.29, 0.717) is 31.8 Å². The van der Waals surface area contributed by atoms with Crippen molar-refractivity contribution in [2.45, 2.75) is 32.8 Å². The minimum atomic E-state index is -0.699. The van der Waals surface area contributed by atoms with E-state index in [1.165, 1.54) is 4.90 Å². The SMILES string of the molecule is COc1ccc(CCC(=O)N2CC(=O)N(CC(C)C)CC(O)C2)cc1. The quantitative estimate of drug-likeness (QED) is 0.842. The number of β-amino-alcohol motifs (C(OH)–C–C–N with tert-alkyl or cyclic N) is 1. The smallest absolute Gasteiger partial charge is 0.242 e. The standard InChI is InChI=1S/C19H28N2O4/c1-14(2)10-20-11-16(22)12-21(13-19(20)24)18(23)9-6-15-4-7-17(25-3)8-5-15/h4-5,7-8,14,16,22H,6,9-13H2,1-3H3. The van der Waals surface area contributed by atoms with Crippen molar-refractivity contribution in [2.75, 3.05) is 33.3 Å². The Kier molecular flexibility index (Phi) is 6.82. The largest absolute Gasteiger partial charge is 0.497 e. The van der Waals surface area contributed by atoms with Crippen LogP contribution in [0, 0.1) is 5.92 Å². The normalized spacial score (nSPS) is 18.4. The molecule has 1 aliphatic heterocycles. The molecule has 6 nitrogen and oxygen atoms in total. The van der Waals surface area contributed by atoms with Crippen LogP contribution in [-0.4, -0.2) is 66.1 Å². The molecule has 0 saturated carbocycles. The number of aliphatic hydroxyl groups excluding tert-OH is 1. The number of amides is 2. The van der Waals surface area contributed by atoms with Gasteiger partial charge in [0.05, 0.1) is 19.8 Å². The highest BCUT2D eigenvalue weighted by atomic mass is 16.5. The number of aryl methyl sites for hydroxylation is 1. The van der Waals surface area contributed by atoms with Crippen molar-refractivity contribution in [1.29, 1.82) is 0 Å². The van der Waals surface area contributed by atoms with Crippen LogP contribution in [0.1, 0.15) is 25.8 Å². The topological polar surface area (TPSA) is 70.1 Å². The summed E-state index contributed by atoms with van der Waals surface area (Å²) in [5.74, 6) is 0.910. The Labute approximate surface area is 149 Å². The molecule has 138 valence electrons. The van der Waals surface area contributed by atoms with E-state index in [-0.39, 0.29) is 24.9 Å². The van der Waals surface area contributed by atoms with Gasteiger partial charge in [-0.1, -0.05) is 26.0 Å². The van der Waals surface area contributed by atoms with Crippen LogP contribution in [-0.2, 0) is 16.0 Å². The second-order valence-electron chi connectivity index (χ2n) is 6.97. The first-order chi connectivity index (χ1) is 11.9. The number of hydrogen-bond acceptors (Lipinski definition) is 4. The second kappa shape index (κ2) is 8.85. The minimum absolute atomic E-state index is 0.0469. The van der Waals surface area contributed by atoms with E-state index in [1.807, 2.05) is 38.1 Å². The Morgan fingerprint density at radius 2 is 1.96 bits per heavy atom. The van der Waals surface area contributed by atoms with Crippen LogP contribution in [0.3, 0.4) is 0 Å². The maximum Gasteiger partial charge on any atom is 0.242 e. The summed E-state index contributed by atoms with van der Waals surface area (Å²) < 4.78 is 5.12. The van der Waals surface area contributed by atoms with Crippen molar-refractivity contribution in [3.8, 4) is 5.75 Å². The van der Waals surface area contributed by atoms with E-state index < -0.39 is 6.10 Å². The van der Waals surface area contributed by atoms with Gasteiger partial charge in [-0.3, -0.25) is 9.59 Å². The highest BCUT2D eigenvalue weighted by Gasteiger charge is 2.29. The molecule has 0 aliphatic carbocycles. The van der Waals surface area contributed by atoms with Gasteiger partial charge in [0.25, 0.3) is 0 Å². The fourth-order valence-electron chi connectivity index (χ4n) is 3.00. The molecule has 1 saturated heterocycles. The van der Waals surface area contributed by atoms with Gasteiger partial charge in [0.1, 0.15) is 5.75 Å². The summed E-state index contributed by atoms with van der Waals surface area (Å²) in [7, 11) is 1.61. The first kappa shape index (κ1) is 19.2. The Bertz CT molecular complexity index is 586. The average molecular weight is 348 g/mol. The van der Waals surface area contributed by atoms with Crippen molar-refractivity contribution >= 4 is 11.8 Å². The van der Waals surface area contributed by atoms with Crippen molar-refractivity contribution in [3.63, 3.8) is 0 Å². The van der Waals surface area contributed by atoms with E-state index >= 15 is 0 Å². The zero-order chi connectivity index (χ0) is 18.4. The molecule has 25 heavy (non-hydrogen) atoms. The van der Waals surface area contributed by atoms with Gasteiger partial charge in [-0.15, -0.1) is 0 Å². The lowest BCUT2D eigenvalue weighted by Crippen LogP contribution is -2.40. The molecule has 0 bridgehead atoms. The molecule has 1 heterocycles. The Morgan fingerprint density at radius 3 is 2.56 bits per heavy atom. The summed E-state index contributed by atoms with van der Waals surface area (Å²) in [6.07, 6.45) is 0.214. The highest BCUT2D eigenvalue weighted by Crippen LogP contribution is 2.14. The molecule has 1 aromatic rings. The predicted molar refractivity (Wildman–Crippen MR) is 95.3 cm³/mol. The molecular formula is C19H28N2O4. The fourth-order valence-corrected chi connectivity index (χ4v) is 3.00. The van der Waals surface area contributed by atoms with Crippen LogP contribution < -0.4 is 4.74 Å². The minimum Gasteiger partial charge on any atom is -0.497 e. The van der Waals surface area contributed by atoms with E-state index in [2.05, 4.69) is 0 Å². The van der Waals surface area contributed by atoms with Gasteiger partial charge in [0.15, 0.2) is 0 Å². The number of nitrogens with zero attached hydrogens (tertiary/aromatic N) is 2. The van der Waals surface area contributed by atoms with Crippen LogP contribution in [0.15, 0.2) is 24.3 Å². The summed E-state index contributed by atoms with van der Waals surface area (Å²) in [6.45, 7) is 5.21. The summed E-state index contributed by atoms with van der Waals surface area (Å²) in [6, 6.07) is 7.59. The third-order valence-corrected chi connectivity index (χ3v) is 4.27.